The Morgan fingerprint density at radius 1 is 1.28 bits per heavy atom. The molecule has 0 bridgehead atoms. The average molecular weight is 659 g/mol. The molecule has 0 saturated heterocycles. The molecule has 218 valence electrons. The van der Waals surface area contributed by atoms with E-state index in [-0.39, 0.29) is 38.0 Å². The zero-order valence-electron chi connectivity index (χ0n) is 23.2. The summed E-state index contributed by atoms with van der Waals surface area (Å²) in [5, 5.41) is 33.0. The Labute approximate surface area is 245 Å². The van der Waals surface area contributed by atoms with E-state index in [9.17, 15) is 24.9 Å². The van der Waals surface area contributed by atoms with E-state index >= 15 is 0 Å². The fourth-order valence-electron chi connectivity index (χ4n) is 4.48. The number of nitrogens with one attached hydrogen (secondary N) is 1. The van der Waals surface area contributed by atoms with Gasteiger partial charge in [-0.25, -0.2) is 0 Å². The number of carbonyl (C=O) groups is 2. The Hall–Kier alpha value is -2.15. The van der Waals surface area contributed by atoms with Crippen LogP contribution in [0, 0.1) is 9.49 Å². The van der Waals surface area contributed by atoms with Crippen LogP contribution in [0.4, 0.5) is 0 Å². The average Bonchev–Trinajstić information content (AvgIpc) is 2.91. The third kappa shape index (κ3) is 9.77. The topological polar surface area (TPSA) is 129 Å². The van der Waals surface area contributed by atoms with Gasteiger partial charge in [0.1, 0.15) is 12.2 Å². The van der Waals surface area contributed by atoms with Gasteiger partial charge >= 0.3 is 0 Å². The van der Waals surface area contributed by atoms with Crippen molar-refractivity contribution in [3.63, 3.8) is 0 Å². The van der Waals surface area contributed by atoms with E-state index in [4.69, 9.17) is 9.47 Å². The van der Waals surface area contributed by atoms with Crippen LogP contribution in [0.1, 0.15) is 57.9 Å². The van der Waals surface area contributed by atoms with Gasteiger partial charge < -0.3 is 35.0 Å². The second kappa shape index (κ2) is 16.8. The van der Waals surface area contributed by atoms with Gasteiger partial charge in [0.2, 0.25) is 11.8 Å². The molecule has 0 fully saturated rings. The minimum atomic E-state index is -1.11. The number of carbonyl (C=O) groups excluding carboxylic acids is 2. The number of nitrogens with zero attached hydrogens (tertiary/aromatic N) is 1. The van der Waals surface area contributed by atoms with E-state index in [1.165, 1.54) is 7.11 Å². The summed E-state index contributed by atoms with van der Waals surface area (Å²) in [7, 11) is 1.49. The molecule has 0 radical (unpaired) electrons. The highest BCUT2D eigenvalue weighted by molar-refractivity contribution is 14.1. The van der Waals surface area contributed by atoms with Crippen molar-refractivity contribution in [2.75, 3.05) is 26.8 Å². The first-order valence-electron chi connectivity index (χ1n) is 13.5. The molecule has 3 atom stereocenters. The molecule has 4 N–H and O–H groups in total. The summed E-state index contributed by atoms with van der Waals surface area (Å²) < 4.78 is 12.4. The lowest BCUT2D eigenvalue weighted by Gasteiger charge is -2.41. The summed E-state index contributed by atoms with van der Waals surface area (Å²) in [6.07, 6.45) is 4.99. The van der Waals surface area contributed by atoms with Gasteiger partial charge in [0.25, 0.3) is 0 Å². The second-order valence-electron chi connectivity index (χ2n) is 10.1. The Morgan fingerprint density at radius 2 is 2.03 bits per heavy atom. The number of rotatable bonds is 16. The number of benzene rings is 1. The van der Waals surface area contributed by atoms with E-state index in [1.54, 1.807) is 23.1 Å². The zero-order valence-corrected chi connectivity index (χ0v) is 25.4. The molecular weight excluding hydrogens is 615 g/mol. The molecule has 39 heavy (non-hydrogen) atoms. The van der Waals surface area contributed by atoms with Gasteiger partial charge in [-0.1, -0.05) is 19.9 Å². The number of methoxy groups -OCH3 is 1. The van der Waals surface area contributed by atoms with Crippen molar-refractivity contribution in [2.24, 2.45) is 5.92 Å². The molecule has 9 nitrogen and oxygen atoms in total. The number of hydrogen-bond acceptors (Lipinski definition) is 7. The van der Waals surface area contributed by atoms with Crippen molar-refractivity contribution < 1.29 is 34.4 Å². The summed E-state index contributed by atoms with van der Waals surface area (Å²) >= 11 is 2.07. The third-order valence-electron chi connectivity index (χ3n) is 6.66. The molecule has 1 aromatic rings. The van der Waals surface area contributed by atoms with Gasteiger partial charge in [0.05, 0.1) is 29.9 Å². The monoisotopic (exact) mass is 658 g/mol. The Bertz CT molecular complexity index is 998. The maximum atomic E-state index is 13.5. The molecule has 1 aromatic carbocycles. The summed E-state index contributed by atoms with van der Waals surface area (Å²) in [4.78, 5) is 28.1. The summed E-state index contributed by atoms with van der Waals surface area (Å²) in [5.74, 6) is 0.645. The maximum Gasteiger partial charge on any atom is 0.247 e. The molecule has 0 unspecified atom stereocenters. The molecule has 1 aliphatic rings. The summed E-state index contributed by atoms with van der Waals surface area (Å²) in [6, 6.07) is 2.73. The zero-order chi connectivity index (χ0) is 28.9. The second-order valence-corrected chi connectivity index (χ2v) is 11.2. The van der Waals surface area contributed by atoms with Gasteiger partial charge in [-0.15, -0.1) is 6.58 Å². The van der Waals surface area contributed by atoms with Gasteiger partial charge in [-0.3, -0.25) is 9.59 Å². The fourth-order valence-corrected chi connectivity index (χ4v) is 5.27. The largest absolute Gasteiger partial charge is 0.493 e. The molecule has 2 amide bonds. The van der Waals surface area contributed by atoms with Crippen LogP contribution in [0.3, 0.4) is 0 Å². The van der Waals surface area contributed by atoms with E-state index in [0.29, 0.717) is 51.5 Å². The molecule has 0 heterocycles. The SMILES string of the molecule is C=CCCCCC(=O)N(CCC(C)C)[C@@H]1CC(C(=O)NCCO)=C[C@H](Oc2c(I)cc(CO)cc2OC)[C@H]1O. The summed E-state index contributed by atoms with van der Waals surface area (Å²) in [6.45, 7) is 8.05. The highest BCUT2D eigenvalue weighted by Gasteiger charge is 2.40. The minimum Gasteiger partial charge on any atom is -0.493 e. The Kier molecular flexibility index (Phi) is 14.3. The van der Waals surface area contributed by atoms with Crippen molar-refractivity contribution >= 4 is 34.4 Å². The highest BCUT2D eigenvalue weighted by atomic mass is 127. The van der Waals surface area contributed by atoms with E-state index < -0.39 is 18.2 Å². The first-order valence-corrected chi connectivity index (χ1v) is 14.6. The number of amides is 2. The van der Waals surface area contributed by atoms with Crippen molar-refractivity contribution in [2.45, 2.75) is 77.2 Å². The van der Waals surface area contributed by atoms with Crippen LogP contribution >= 0.6 is 22.6 Å². The molecule has 10 heteroatoms. The van der Waals surface area contributed by atoms with Crippen molar-refractivity contribution in [1.82, 2.24) is 10.2 Å². The lowest BCUT2D eigenvalue weighted by molar-refractivity contribution is -0.139. The Morgan fingerprint density at radius 3 is 2.64 bits per heavy atom. The van der Waals surface area contributed by atoms with Gasteiger partial charge in [-0.05, 0) is 78.0 Å². The minimum absolute atomic E-state index is 0.0704. The lowest BCUT2D eigenvalue weighted by atomic mass is 9.87. The smallest absolute Gasteiger partial charge is 0.247 e. The highest BCUT2D eigenvalue weighted by Crippen LogP contribution is 2.37. The van der Waals surface area contributed by atoms with Crippen molar-refractivity contribution in [3.05, 3.63) is 45.6 Å². The van der Waals surface area contributed by atoms with E-state index in [0.717, 1.165) is 19.3 Å². The predicted octanol–water partition coefficient (Wildman–Crippen LogP) is 3.33. The molecule has 1 aliphatic carbocycles. The van der Waals surface area contributed by atoms with Gasteiger partial charge in [0.15, 0.2) is 11.5 Å². The maximum absolute atomic E-state index is 13.5. The summed E-state index contributed by atoms with van der Waals surface area (Å²) in [5.41, 5.74) is 1.02. The number of halogens is 1. The molecule has 2 rings (SSSR count). The lowest BCUT2D eigenvalue weighted by Crippen LogP contribution is -2.55. The molecule has 0 saturated carbocycles. The molecule has 0 aliphatic heterocycles. The quantitative estimate of drug-likeness (QED) is 0.122. The van der Waals surface area contributed by atoms with Gasteiger partial charge in [0, 0.05) is 31.5 Å². The van der Waals surface area contributed by atoms with Crippen LogP contribution < -0.4 is 14.8 Å². The number of hydrogen-bond donors (Lipinski definition) is 4. The van der Waals surface area contributed by atoms with Crippen LogP contribution in [-0.4, -0.2) is 77.1 Å². The van der Waals surface area contributed by atoms with Crippen LogP contribution in [0.25, 0.3) is 0 Å². The standard InChI is InChI=1S/C29H43IN2O7/c1-5-6-7-8-9-26(35)32(12-10-19(2)3)23-16-21(29(37)31-11-13-33)17-24(27(23)36)39-28-22(30)14-20(18-34)15-25(28)38-4/h5,14-15,17,19,23-24,27,33-34,36H,1,6-13,16,18H2,2-4H3,(H,31,37)/t23-,24+,27+/m1/s1. The fraction of sp³-hybridized carbons (Fsp3) is 0.586. The number of ether oxygens (including phenoxy) is 2. The normalized spacial score (nSPS) is 18.9. The Balaban J connectivity index is 2.45. The van der Waals surface area contributed by atoms with Gasteiger partial charge in [-0.2, -0.15) is 0 Å². The first kappa shape index (κ1) is 33.1. The van der Waals surface area contributed by atoms with Crippen LogP contribution in [-0.2, 0) is 16.2 Å². The van der Waals surface area contributed by atoms with Crippen LogP contribution in [0.2, 0.25) is 0 Å². The van der Waals surface area contributed by atoms with Crippen LogP contribution in [0.15, 0.2) is 36.4 Å². The number of aliphatic hydroxyl groups excluding tert-OH is 3. The van der Waals surface area contributed by atoms with Crippen molar-refractivity contribution in [3.8, 4) is 11.5 Å². The first-order chi connectivity index (χ1) is 18.7. The number of allylic oxidation sites excluding steroid dienone is 1. The van der Waals surface area contributed by atoms with E-state index in [2.05, 4.69) is 48.3 Å². The van der Waals surface area contributed by atoms with E-state index in [1.807, 2.05) is 6.08 Å². The number of unbranched alkanes of at least 4 members (excludes halogenated alkanes) is 2. The molecular formula is C29H43IN2O7. The third-order valence-corrected chi connectivity index (χ3v) is 7.46. The number of aliphatic hydroxyl groups is 3. The predicted molar refractivity (Wildman–Crippen MR) is 158 cm³/mol. The van der Waals surface area contributed by atoms with Crippen molar-refractivity contribution in [1.29, 1.82) is 0 Å². The molecule has 0 spiro atoms. The molecule has 0 aromatic heterocycles. The van der Waals surface area contributed by atoms with Crippen LogP contribution in [0.5, 0.6) is 11.5 Å².